The highest BCUT2D eigenvalue weighted by Gasteiger charge is 2.15. The molecule has 1 atom stereocenters. The van der Waals surface area contributed by atoms with Crippen LogP contribution in [0, 0.1) is 5.92 Å². The number of hydrogen-bond donors (Lipinski definition) is 1. The Labute approximate surface area is 119 Å². The van der Waals surface area contributed by atoms with Gasteiger partial charge in [-0.25, -0.2) is 13.6 Å². The monoisotopic (exact) mass is 300 g/mol. The number of nitrogens with two attached hydrogens (primary N) is 1. The Morgan fingerprint density at radius 2 is 1.90 bits per heavy atom. The largest absolute Gasteiger partial charge is 0.384 e. The zero-order chi connectivity index (χ0) is 15.3. The Bertz CT molecular complexity index is 554. The predicted octanol–water partition coefficient (Wildman–Crippen LogP) is 0.969. The number of rotatable bonds is 6. The Balaban J connectivity index is 2.77. The Morgan fingerprint density at radius 3 is 2.35 bits per heavy atom. The highest BCUT2D eigenvalue weighted by molar-refractivity contribution is 7.89. The van der Waals surface area contributed by atoms with Gasteiger partial charge in [-0.2, -0.15) is 0 Å². The molecule has 1 amide bonds. The molecule has 0 aliphatic heterocycles. The topological polar surface area (TPSA) is 89.7 Å². The minimum absolute atomic E-state index is 0.0230. The quantitative estimate of drug-likeness (QED) is 0.847. The molecule has 0 aliphatic carbocycles. The van der Waals surface area contributed by atoms with Gasteiger partial charge in [-0.15, -0.1) is 0 Å². The van der Waals surface area contributed by atoms with Gasteiger partial charge in [0.25, 0.3) is 0 Å². The van der Waals surface area contributed by atoms with Crippen LogP contribution in [-0.4, -0.2) is 35.1 Å². The van der Waals surface area contributed by atoms with Crippen LogP contribution < -0.4 is 10.0 Å². The van der Waals surface area contributed by atoms with E-state index in [1.165, 1.54) is 17.0 Å². The van der Waals surface area contributed by atoms with Gasteiger partial charge in [-0.05, 0) is 30.2 Å². The minimum Gasteiger partial charge on any atom is -0.384 e. The van der Waals surface area contributed by atoms with E-state index >= 15 is 0 Å². The number of benzene rings is 1. The van der Waals surface area contributed by atoms with Crippen molar-refractivity contribution < 1.29 is 17.9 Å². The average Bonchev–Trinajstić information content (AvgIpc) is 2.37. The van der Waals surface area contributed by atoms with Gasteiger partial charge in [-0.3, -0.25) is 4.79 Å². The summed E-state index contributed by atoms with van der Waals surface area (Å²) in [6.07, 6.45) is 0.362. The van der Waals surface area contributed by atoms with Crippen molar-refractivity contribution in [2.45, 2.75) is 18.2 Å². The van der Waals surface area contributed by atoms with Gasteiger partial charge >= 0.3 is 0 Å². The maximum Gasteiger partial charge on any atom is 0.238 e. The zero-order valence-electron chi connectivity index (χ0n) is 11.9. The van der Waals surface area contributed by atoms with Gasteiger partial charge in [0, 0.05) is 32.9 Å². The fourth-order valence-corrected chi connectivity index (χ4v) is 2.30. The van der Waals surface area contributed by atoms with Crippen LogP contribution in [-0.2, 0) is 19.6 Å². The molecule has 0 aliphatic rings. The van der Waals surface area contributed by atoms with Gasteiger partial charge < -0.3 is 9.64 Å². The summed E-state index contributed by atoms with van der Waals surface area (Å²) in [4.78, 5) is 13.5. The molecule has 7 heteroatoms. The molecule has 0 radical (unpaired) electrons. The summed E-state index contributed by atoms with van der Waals surface area (Å²) in [7, 11) is -0.471. The van der Waals surface area contributed by atoms with Crippen LogP contribution in [0.25, 0.3) is 0 Å². The smallest absolute Gasteiger partial charge is 0.238 e. The number of amides is 1. The van der Waals surface area contributed by atoms with Crippen molar-refractivity contribution in [1.82, 2.24) is 0 Å². The standard InChI is InChI=1S/C13H20N2O4S/c1-10(9-19-3)8-13(16)15(2)11-4-6-12(7-5-11)20(14,17)18/h4-7,10H,8-9H2,1-3H3,(H2,14,17,18). The number of nitrogens with zero attached hydrogens (tertiary/aromatic N) is 1. The number of sulfonamides is 1. The number of hydrogen-bond acceptors (Lipinski definition) is 4. The maximum absolute atomic E-state index is 12.0. The molecule has 0 saturated heterocycles. The second-order valence-electron chi connectivity index (χ2n) is 4.76. The summed E-state index contributed by atoms with van der Waals surface area (Å²) in [5, 5.41) is 5.02. The van der Waals surface area contributed by atoms with Gasteiger partial charge in [0.15, 0.2) is 0 Å². The summed E-state index contributed by atoms with van der Waals surface area (Å²) in [6, 6.07) is 5.87. The summed E-state index contributed by atoms with van der Waals surface area (Å²) >= 11 is 0. The molecule has 0 heterocycles. The molecule has 0 bridgehead atoms. The molecule has 6 nitrogen and oxygen atoms in total. The molecule has 1 aromatic carbocycles. The first-order valence-corrected chi connectivity index (χ1v) is 7.68. The van der Waals surface area contributed by atoms with Crippen LogP contribution in [0.1, 0.15) is 13.3 Å². The molecule has 1 rings (SSSR count). The van der Waals surface area contributed by atoms with Crippen LogP contribution in [0.5, 0.6) is 0 Å². The number of carbonyl (C=O) groups is 1. The highest BCUT2D eigenvalue weighted by Crippen LogP contribution is 2.18. The minimum atomic E-state index is -3.71. The van der Waals surface area contributed by atoms with Crippen molar-refractivity contribution in [3.63, 3.8) is 0 Å². The predicted molar refractivity (Wildman–Crippen MR) is 76.9 cm³/mol. The Kier molecular flexibility index (Phi) is 5.67. The van der Waals surface area contributed by atoms with Gasteiger partial charge in [-0.1, -0.05) is 6.92 Å². The first-order chi connectivity index (χ1) is 9.25. The SMILES string of the molecule is COCC(C)CC(=O)N(C)c1ccc(S(N)(=O)=O)cc1. The highest BCUT2D eigenvalue weighted by atomic mass is 32.2. The third-order valence-corrected chi connectivity index (χ3v) is 3.83. The van der Waals surface area contributed by atoms with Crippen molar-refractivity contribution >= 4 is 21.6 Å². The molecule has 0 spiro atoms. The number of carbonyl (C=O) groups excluding carboxylic acids is 1. The van der Waals surface area contributed by atoms with E-state index in [0.29, 0.717) is 18.7 Å². The fourth-order valence-electron chi connectivity index (χ4n) is 1.78. The molecular formula is C13H20N2O4S. The third kappa shape index (κ3) is 4.59. The second kappa shape index (κ2) is 6.83. The van der Waals surface area contributed by atoms with Gasteiger partial charge in [0.2, 0.25) is 15.9 Å². The Hall–Kier alpha value is -1.44. The molecule has 1 aromatic rings. The number of ether oxygens (including phenoxy) is 1. The maximum atomic E-state index is 12.0. The van der Waals surface area contributed by atoms with E-state index in [1.54, 1.807) is 26.3 Å². The van der Waals surface area contributed by atoms with Crippen LogP contribution in [0.15, 0.2) is 29.2 Å². The average molecular weight is 300 g/mol. The van der Waals surface area contributed by atoms with Crippen LogP contribution in [0.2, 0.25) is 0 Å². The lowest BCUT2D eigenvalue weighted by atomic mass is 10.1. The third-order valence-electron chi connectivity index (χ3n) is 2.90. The summed E-state index contributed by atoms with van der Waals surface area (Å²) in [6.45, 7) is 2.45. The number of methoxy groups -OCH3 is 1. The van der Waals surface area contributed by atoms with E-state index in [2.05, 4.69) is 0 Å². The van der Waals surface area contributed by atoms with Crippen molar-refractivity contribution in [2.75, 3.05) is 25.7 Å². The van der Waals surface area contributed by atoms with Crippen molar-refractivity contribution in [1.29, 1.82) is 0 Å². The molecule has 0 fully saturated rings. The van der Waals surface area contributed by atoms with Crippen molar-refractivity contribution in [3.05, 3.63) is 24.3 Å². The molecule has 2 N–H and O–H groups in total. The van der Waals surface area contributed by atoms with E-state index in [1.807, 2.05) is 6.92 Å². The molecule has 0 saturated carbocycles. The zero-order valence-corrected chi connectivity index (χ0v) is 12.7. The van der Waals surface area contributed by atoms with E-state index in [4.69, 9.17) is 9.88 Å². The van der Waals surface area contributed by atoms with E-state index in [0.717, 1.165) is 0 Å². The van der Waals surface area contributed by atoms with Crippen LogP contribution >= 0.6 is 0 Å². The second-order valence-corrected chi connectivity index (χ2v) is 6.32. The van der Waals surface area contributed by atoms with Crippen LogP contribution in [0.3, 0.4) is 0 Å². The summed E-state index contributed by atoms with van der Waals surface area (Å²) in [5.41, 5.74) is 0.618. The van der Waals surface area contributed by atoms with Crippen molar-refractivity contribution in [3.8, 4) is 0 Å². The molecular weight excluding hydrogens is 280 g/mol. The first-order valence-electron chi connectivity index (χ1n) is 6.14. The molecule has 1 unspecified atom stereocenters. The molecule has 112 valence electrons. The van der Waals surface area contributed by atoms with Crippen molar-refractivity contribution in [2.24, 2.45) is 11.1 Å². The number of primary sulfonamides is 1. The van der Waals surface area contributed by atoms with Gasteiger partial charge in [0.1, 0.15) is 0 Å². The molecule has 20 heavy (non-hydrogen) atoms. The summed E-state index contributed by atoms with van der Waals surface area (Å²) < 4.78 is 27.3. The van der Waals surface area contributed by atoms with E-state index in [-0.39, 0.29) is 16.7 Å². The summed E-state index contributed by atoms with van der Waals surface area (Å²) in [5.74, 6) is 0.0662. The normalized spacial score (nSPS) is 13.0. The van der Waals surface area contributed by atoms with E-state index < -0.39 is 10.0 Å². The van der Waals surface area contributed by atoms with E-state index in [9.17, 15) is 13.2 Å². The van der Waals surface area contributed by atoms with Crippen LogP contribution in [0.4, 0.5) is 5.69 Å². The first kappa shape index (κ1) is 16.6. The van der Waals surface area contributed by atoms with Gasteiger partial charge in [0.05, 0.1) is 4.90 Å². The lowest BCUT2D eigenvalue weighted by Gasteiger charge is -2.19. The fraction of sp³-hybridized carbons (Fsp3) is 0.462. The molecule has 0 aromatic heterocycles. The Morgan fingerprint density at radius 1 is 1.35 bits per heavy atom. The lowest BCUT2D eigenvalue weighted by Crippen LogP contribution is -2.28. The lowest BCUT2D eigenvalue weighted by molar-refractivity contribution is -0.119. The number of anilines is 1.